The molecule has 0 spiro atoms. The Morgan fingerprint density at radius 1 is 1.14 bits per heavy atom. The molecule has 0 radical (unpaired) electrons. The number of benzene rings is 2. The summed E-state index contributed by atoms with van der Waals surface area (Å²) >= 11 is 0. The maximum Gasteiger partial charge on any atom is 0.251 e. The van der Waals surface area contributed by atoms with E-state index in [1.807, 2.05) is 12.1 Å². The Kier molecular flexibility index (Phi) is 6.88. The van der Waals surface area contributed by atoms with E-state index in [0.29, 0.717) is 17.7 Å². The number of rotatable bonds is 7. The molecule has 1 aliphatic rings. The van der Waals surface area contributed by atoms with Crippen LogP contribution in [-0.4, -0.2) is 57.2 Å². The Balaban J connectivity index is 1.36. The number of methoxy groups -OCH3 is 1. The third kappa shape index (κ3) is 5.24. The molecule has 28 heavy (non-hydrogen) atoms. The van der Waals surface area contributed by atoms with Crippen molar-refractivity contribution in [3.8, 4) is 11.8 Å². The number of nitrogens with zero attached hydrogens (tertiary/aromatic N) is 3. The number of hydrogen-bond donors (Lipinski definition) is 1. The lowest BCUT2D eigenvalue weighted by atomic mass is 10.1. The average Bonchev–Trinajstić information content (AvgIpc) is 2.77. The number of piperazine rings is 1. The molecule has 2 aromatic carbocycles. The molecule has 1 aliphatic heterocycles. The van der Waals surface area contributed by atoms with Crippen molar-refractivity contribution in [2.24, 2.45) is 0 Å². The van der Waals surface area contributed by atoms with E-state index >= 15 is 0 Å². The minimum Gasteiger partial charge on any atom is -0.497 e. The van der Waals surface area contributed by atoms with Gasteiger partial charge in [-0.1, -0.05) is 6.07 Å². The highest BCUT2D eigenvalue weighted by atomic mass is 16.5. The van der Waals surface area contributed by atoms with E-state index in [1.54, 1.807) is 31.4 Å². The van der Waals surface area contributed by atoms with Gasteiger partial charge in [0.25, 0.3) is 5.91 Å². The maximum atomic E-state index is 12.2. The van der Waals surface area contributed by atoms with Gasteiger partial charge in [0.1, 0.15) is 5.75 Å². The zero-order chi connectivity index (χ0) is 19.8. The minimum absolute atomic E-state index is 0.124. The summed E-state index contributed by atoms with van der Waals surface area (Å²) in [5.41, 5.74) is 2.27. The van der Waals surface area contributed by atoms with Crippen molar-refractivity contribution in [1.82, 2.24) is 10.2 Å². The molecule has 1 N–H and O–H groups in total. The fourth-order valence-corrected chi connectivity index (χ4v) is 3.36. The summed E-state index contributed by atoms with van der Waals surface area (Å²) < 4.78 is 5.21. The van der Waals surface area contributed by atoms with Gasteiger partial charge in [0.2, 0.25) is 0 Å². The summed E-state index contributed by atoms with van der Waals surface area (Å²) in [5, 5.41) is 11.9. The Hall–Kier alpha value is -3.04. The van der Waals surface area contributed by atoms with Crippen LogP contribution in [0.1, 0.15) is 22.3 Å². The van der Waals surface area contributed by atoms with Crippen molar-refractivity contribution >= 4 is 11.6 Å². The highest BCUT2D eigenvalue weighted by molar-refractivity contribution is 5.94. The molecule has 0 unspecified atom stereocenters. The van der Waals surface area contributed by atoms with Crippen LogP contribution >= 0.6 is 0 Å². The van der Waals surface area contributed by atoms with E-state index in [1.165, 1.54) is 5.69 Å². The number of ether oxygens (including phenoxy) is 1. The molecular weight excluding hydrogens is 352 g/mol. The first-order chi connectivity index (χ1) is 13.7. The van der Waals surface area contributed by atoms with Crippen LogP contribution in [0.15, 0.2) is 48.5 Å². The van der Waals surface area contributed by atoms with E-state index in [9.17, 15) is 4.79 Å². The molecule has 2 aromatic rings. The lowest BCUT2D eigenvalue weighted by molar-refractivity contribution is 0.0951. The van der Waals surface area contributed by atoms with E-state index in [-0.39, 0.29) is 5.91 Å². The number of carbonyl (C=O) groups is 1. The summed E-state index contributed by atoms with van der Waals surface area (Å²) in [6.45, 7) is 5.64. The molecule has 0 atom stereocenters. The second-order valence-corrected chi connectivity index (χ2v) is 6.83. The predicted octanol–water partition coefficient (Wildman–Crippen LogP) is 2.51. The van der Waals surface area contributed by atoms with E-state index in [4.69, 9.17) is 10.00 Å². The van der Waals surface area contributed by atoms with Gasteiger partial charge in [0.15, 0.2) is 0 Å². The van der Waals surface area contributed by atoms with Crippen LogP contribution in [0.25, 0.3) is 0 Å². The molecule has 0 aliphatic carbocycles. The lowest BCUT2D eigenvalue weighted by Gasteiger charge is -2.36. The Labute approximate surface area is 166 Å². The predicted molar refractivity (Wildman–Crippen MR) is 110 cm³/mol. The monoisotopic (exact) mass is 378 g/mol. The fraction of sp³-hybridized carbons (Fsp3) is 0.364. The first kappa shape index (κ1) is 19.7. The first-order valence-corrected chi connectivity index (χ1v) is 9.59. The number of carbonyl (C=O) groups excluding carboxylic acids is 1. The molecule has 0 bridgehead atoms. The quantitative estimate of drug-likeness (QED) is 0.750. The Bertz CT molecular complexity index is 821. The first-order valence-electron chi connectivity index (χ1n) is 9.59. The SMILES string of the molecule is COc1ccc(N2CCN(CCCNC(=O)c3cccc(C#N)c3)CC2)cc1. The summed E-state index contributed by atoms with van der Waals surface area (Å²) in [5.74, 6) is 0.755. The minimum atomic E-state index is -0.124. The molecular formula is C22H26N4O2. The van der Waals surface area contributed by atoms with Gasteiger partial charge in [-0.15, -0.1) is 0 Å². The second-order valence-electron chi connectivity index (χ2n) is 6.83. The van der Waals surface area contributed by atoms with Crippen LogP contribution < -0.4 is 15.0 Å². The molecule has 146 valence electrons. The van der Waals surface area contributed by atoms with Crippen LogP contribution in [-0.2, 0) is 0 Å². The highest BCUT2D eigenvalue weighted by Crippen LogP contribution is 2.20. The van der Waals surface area contributed by atoms with Crippen LogP contribution in [0, 0.1) is 11.3 Å². The molecule has 1 fully saturated rings. The third-order valence-corrected chi connectivity index (χ3v) is 5.00. The summed E-state index contributed by atoms with van der Waals surface area (Å²) in [6, 6.07) is 17.0. The van der Waals surface area contributed by atoms with E-state index in [0.717, 1.165) is 44.9 Å². The standard InChI is InChI=1S/C22H26N4O2/c1-28-21-8-6-20(7-9-21)26-14-12-25(13-15-26)11-3-10-24-22(27)19-5-2-4-18(16-19)17-23/h2,4-9,16H,3,10-15H2,1H3,(H,24,27). The largest absolute Gasteiger partial charge is 0.497 e. The zero-order valence-corrected chi connectivity index (χ0v) is 16.2. The second kappa shape index (κ2) is 9.77. The van der Waals surface area contributed by atoms with Gasteiger partial charge in [-0.3, -0.25) is 9.69 Å². The van der Waals surface area contributed by atoms with E-state index < -0.39 is 0 Å². The number of nitriles is 1. The van der Waals surface area contributed by atoms with Gasteiger partial charge in [-0.25, -0.2) is 0 Å². The highest BCUT2D eigenvalue weighted by Gasteiger charge is 2.17. The molecule has 1 heterocycles. The zero-order valence-electron chi connectivity index (χ0n) is 16.2. The van der Waals surface area contributed by atoms with Gasteiger partial charge >= 0.3 is 0 Å². The van der Waals surface area contributed by atoms with Crippen LogP contribution in [0.2, 0.25) is 0 Å². The molecule has 6 heteroatoms. The molecule has 6 nitrogen and oxygen atoms in total. The van der Waals surface area contributed by atoms with Crippen LogP contribution in [0.5, 0.6) is 5.75 Å². The van der Waals surface area contributed by atoms with Crippen molar-refractivity contribution in [2.75, 3.05) is 51.3 Å². The molecule has 0 aromatic heterocycles. The van der Waals surface area contributed by atoms with Gasteiger partial charge < -0.3 is 15.0 Å². The number of nitrogens with one attached hydrogen (secondary N) is 1. The molecule has 1 amide bonds. The van der Waals surface area contributed by atoms with E-state index in [2.05, 4.69) is 33.3 Å². The van der Waals surface area contributed by atoms with Crippen molar-refractivity contribution < 1.29 is 9.53 Å². The number of amides is 1. The summed E-state index contributed by atoms with van der Waals surface area (Å²) in [6.07, 6.45) is 0.909. The normalized spacial score (nSPS) is 14.4. The topological polar surface area (TPSA) is 68.6 Å². The van der Waals surface area contributed by atoms with Crippen LogP contribution in [0.4, 0.5) is 5.69 Å². The molecule has 0 saturated carbocycles. The van der Waals surface area contributed by atoms with Crippen molar-refractivity contribution in [3.63, 3.8) is 0 Å². The Morgan fingerprint density at radius 2 is 1.89 bits per heavy atom. The third-order valence-electron chi connectivity index (χ3n) is 5.00. The van der Waals surface area contributed by atoms with Gasteiger partial charge in [-0.2, -0.15) is 5.26 Å². The van der Waals surface area contributed by atoms with Gasteiger partial charge in [-0.05, 0) is 55.4 Å². The Morgan fingerprint density at radius 3 is 2.57 bits per heavy atom. The van der Waals surface area contributed by atoms with Gasteiger partial charge in [0.05, 0.1) is 18.7 Å². The van der Waals surface area contributed by atoms with Crippen LogP contribution in [0.3, 0.4) is 0 Å². The van der Waals surface area contributed by atoms with Gasteiger partial charge in [0, 0.05) is 44.0 Å². The van der Waals surface area contributed by atoms with Crippen molar-refractivity contribution in [2.45, 2.75) is 6.42 Å². The fourth-order valence-electron chi connectivity index (χ4n) is 3.36. The molecule has 1 saturated heterocycles. The summed E-state index contributed by atoms with van der Waals surface area (Å²) in [7, 11) is 1.68. The molecule has 3 rings (SSSR count). The average molecular weight is 378 g/mol. The number of hydrogen-bond acceptors (Lipinski definition) is 5. The maximum absolute atomic E-state index is 12.2. The summed E-state index contributed by atoms with van der Waals surface area (Å²) in [4.78, 5) is 17.0. The lowest BCUT2D eigenvalue weighted by Crippen LogP contribution is -2.47. The van der Waals surface area contributed by atoms with Crippen molar-refractivity contribution in [1.29, 1.82) is 5.26 Å². The van der Waals surface area contributed by atoms with Crippen molar-refractivity contribution in [3.05, 3.63) is 59.7 Å². The smallest absolute Gasteiger partial charge is 0.251 e. The number of anilines is 1.